The molecule has 180 valence electrons. The molecule has 1 fully saturated rings. The van der Waals surface area contributed by atoms with Gasteiger partial charge in [0.1, 0.15) is 5.71 Å². The van der Waals surface area contributed by atoms with Crippen LogP contribution in [0.25, 0.3) is 0 Å². The van der Waals surface area contributed by atoms with Gasteiger partial charge in [-0.05, 0) is 69.6 Å². The molecule has 0 atom stereocenters. The van der Waals surface area contributed by atoms with Crippen molar-refractivity contribution >= 4 is 36.2 Å². The number of ether oxygens (including phenoxy) is 1. The summed E-state index contributed by atoms with van der Waals surface area (Å²) in [7, 11) is 0.493. The normalized spacial score (nSPS) is 17.9. The van der Waals surface area contributed by atoms with E-state index >= 15 is 0 Å². The highest BCUT2D eigenvalue weighted by Gasteiger charge is 2.51. The van der Waals surface area contributed by atoms with Crippen molar-refractivity contribution in [1.29, 1.82) is 0 Å². The summed E-state index contributed by atoms with van der Waals surface area (Å²) < 4.78 is 55.3. The van der Waals surface area contributed by atoms with Crippen molar-refractivity contribution in [3.05, 3.63) is 59.2 Å². The molecule has 2 aromatic rings. The largest absolute Gasteiger partial charge is 0.494 e. The molecule has 0 unspecified atom stereocenters. The zero-order chi connectivity index (χ0) is 25.3. The summed E-state index contributed by atoms with van der Waals surface area (Å²) in [5.41, 5.74) is -0.355. The van der Waals surface area contributed by atoms with Crippen LogP contribution in [0.2, 0.25) is 0 Å². The smallest absolute Gasteiger partial charge is 0.465 e. The number of benzene rings is 2. The lowest BCUT2D eigenvalue weighted by molar-refractivity contribution is -0.137. The Balaban J connectivity index is 1.96. The minimum atomic E-state index is -4.44. The van der Waals surface area contributed by atoms with Crippen LogP contribution in [0.4, 0.5) is 18.9 Å². The molecule has 0 amide bonds. The van der Waals surface area contributed by atoms with E-state index in [1.165, 1.54) is 31.5 Å². The van der Waals surface area contributed by atoms with Crippen molar-refractivity contribution < 1.29 is 32.0 Å². The molecule has 0 aromatic heterocycles. The summed E-state index contributed by atoms with van der Waals surface area (Å²) in [6.07, 6.45) is -3.14. The summed E-state index contributed by atoms with van der Waals surface area (Å²) in [4.78, 5) is 16.5. The van der Waals surface area contributed by atoms with Gasteiger partial charge in [0.25, 0.3) is 0 Å². The number of hydrazone groups is 1. The number of alkyl halides is 3. The molecule has 1 aliphatic heterocycles. The lowest BCUT2D eigenvalue weighted by Crippen LogP contribution is -2.41. The van der Waals surface area contributed by atoms with E-state index in [0.29, 0.717) is 11.0 Å². The van der Waals surface area contributed by atoms with Crippen LogP contribution in [-0.4, -0.2) is 43.3 Å². The lowest BCUT2D eigenvalue weighted by Gasteiger charge is -2.32. The van der Waals surface area contributed by atoms with E-state index in [2.05, 4.69) is 10.1 Å². The van der Waals surface area contributed by atoms with Gasteiger partial charge in [-0.1, -0.05) is 6.07 Å². The van der Waals surface area contributed by atoms with Crippen molar-refractivity contribution in [2.45, 2.75) is 45.1 Å². The van der Waals surface area contributed by atoms with Gasteiger partial charge in [-0.2, -0.15) is 18.3 Å². The SMILES string of the molecule is COC(=O)c1cc(B2OC(C)(C)C(C)(C)O2)cc(C(C=Nc2ccc(C(F)(F)F)cc2)=NN)c1. The fourth-order valence-corrected chi connectivity index (χ4v) is 3.21. The number of nitrogens with zero attached hydrogens (tertiary/aromatic N) is 2. The number of nitrogens with two attached hydrogens (primary N) is 1. The second-order valence-electron chi connectivity index (χ2n) is 8.74. The summed E-state index contributed by atoms with van der Waals surface area (Å²) in [5, 5.41) is 3.73. The zero-order valence-corrected chi connectivity index (χ0v) is 19.4. The number of rotatable bonds is 5. The Morgan fingerprint density at radius 1 is 1.03 bits per heavy atom. The number of carbonyl (C=O) groups is 1. The third kappa shape index (κ3) is 5.31. The van der Waals surface area contributed by atoms with E-state index in [1.54, 1.807) is 12.1 Å². The molecule has 7 nitrogen and oxygen atoms in total. The van der Waals surface area contributed by atoms with Crippen LogP contribution >= 0.6 is 0 Å². The van der Waals surface area contributed by atoms with Gasteiger partial charge < -0.3 is 19.9 Å². The average molecular weight is 475 g/mol. The average Bonchev–Trinajstić information content (AvgIpc) is 3.00. The van der Waals surface area contributed by atoms with Crippen LogP contribution in [0, 0.1) is 0 Å². The molecule has 2 aromatic carbocycles. The van der Waals surface area contributed by atoms with Crippen molar-refractivity contribution in [2.24, 2.45) is 15.9 Å². The monoisotopic (exact) mass is 475 g/mol. The van der Waals surface area contributed by atoms with Gasteiger partial charge >= 0.3 is 19.3 Å². The molecule has 0 bridgehead atoms. The zero-order valence-electron chi connectivity index (χ0n) is 19.4. The van der Waals surface area contributed by atoms with E-state index in [0.717, 1.165) is 12.1 Å². The first kappa shape index (κ1) is 25.4. The second-order valence-corrected chi connectivity index (χ2v) is 8.74. The van der Waals surface area contributed by atoms with Gasteiger partial charge in [0.2, 0.25) is 0 Å². The summed E-state index contributed by atoms with van der Waals surface area (Å²) in [6.45, 7) is 7.62. The molecule has 11 heteroatoms. The number of halogens is 3. The van der Waals surface area contributed by atoms with E-state index < -0.39 is 36.0 Å². The minimum absolute atomic E-state index is 0.184. The number of hydrogen-bond acceptors (Lipinski definition) is 7. The maximum absolute atomic E-state index is 12.8. The predicted molar refractivity (Wildman–Crippen MR) is 124 cm³/mol. The Labute approximate surface area is 195 Å². The van der Waals surface area contributed by atoms with Crippen LogP contribution < -0.4 is 11.3 Å². The molecular weight excluding hydrogens is 450 g/mol. The Morgan fingerprint density at radius 2 is 1.59 bits per heavy atom. The first-order valence-electron chi connectivity index (χ1n) is 10.4. The third-order valence-electron chi connectivity index (χ3n) is 5.87. The molecule has 1 aliphatic rings. The molecule has 0 radical (unpaired) electrons. The maximum atomic E-state index is 12.8. The molecule has 1 heterocycles. The Hall–Kier alpha value is -3.18. The quantitative estimate of drug-likeness (QED) is 0.233. The van der Waals surface area contributed by atoms with Crippen LogP contribution in [-0.2, 0) is 20.2 Å². The van der Waals surface area contributed by atoms with Gasteiger partial charge in [-0.25, -0.2) is 4.79 Å². The highest BCUT2D eigenvalue weighted by atomic mass is 19.4. The van der Waals surface area contributed by atoms with Gasteiger partial charge in [-0.15, -0.1) is 0 Å². The van der Waals surface area contributed by atoms with Crippen LogP contribution in [0.5, 0.6) is 0 Å². The van der Waals surface area contributed by atoms with Gasteiger partial charge in [0.05, 0.1) is 41.3 Å². The van der Waals surface area contributed by atoms with E-state index in [-0.39, 0.29) is 17.0 Å². The molecular formula is C23H25BF3N3O4. The number of aliphatic imine (C=N–C) groups is 1. The number of carbonyl (C=O) groups excluding carboxylic acids is 1. The Kier molecular flexibility index (Phi) is 6.91. The van der Waals surface area contributed by atoms with E-state index in [9.17, 15) is 18.0 Å². The van der Waals surface area contributed by atoms with E-state index in [1.807, 2.05) is 27.7 Å². The molecule has 0 spiro atoms. The van der Waals surface area contributed by atoms with Crippen molar-refractivity contribution in [3.8, 4) is 0 Å². The topological polar surface area (TPSA) is 95.5 Å². The second kappa shape index (κ2) is 9.23. The molecule has 3 rings (SSSR count). The van der Waals surface area contributed by atoms with E-state index in [4.69, 9.17) is 19.9 Å². The Morgan fingerprint density at radius 3 is 2.09 bits per heavy atom. The first-order valence-corrected chi connectivity index (χ1v) is 10.4. The molecule has 0 aliphatic carbocycles. The summed E-state index contributed by atoms with van der Waals surface area (Å²) in [6, 6.07) is 9.13. The lowest BCUT2D eigenvalue weighted by atomic mass is 9.77. The van der Waals surface area contributed by atoms with Crippen molar-refractivity contribution in [3.63, 3.8) is 0 Å². The van der Waals surface area contributed by atoms with Crippen LogP contribution in [0.3, 0.4) is 0 Å². The highest BCUT2D eigenvalue weighted by molar-refractivity contribution is 6.62. The Bertz CT molecular complexity index is 1110. The number of methoxy groups -OCH3 is 1. The molecule has 0 saturated carbocycles. The fourth-order valence-electron chi connectivity index (χ4n) is 3.21. The highest BCUT2D eigenvalue weighted by Crippen LogP contribution is 2.36. The van der Waals surface area contributed by atoms with Gasteiger partial charge in [-0.3, -0.25) is 4.99 Å². The standard InChI is InChI=1S/C23H25BF3N3O4/c1-21(2)22(3,4)34-24(33-21)17-11-14(10-15(12-17)20(31)32-5)19(30-28)13-29-18-8-6-16(7-9-18)23(25,26)27/h6-13H,28H2,1-5H3. The molecule has 34 heavy (non-hydrogen) atoms. The third-order valence-corrected chi connectivity index (χ3v) is 5.87. The van der Waals surface area contributed by atoms with Gasteiger partial charge in [0, 0.05) is 5.56 Å². The fraction of sp³-hybridized carbons (Fsp3) is 0.348. The number of hydrogen-bond donors (Lipinski definition) is 1. The van der Waals surface area contributed by atoms with Crippen molar-refractivity contribution in [2.75, 3.05) is 7.11 Å². The van der Waals surface area contributed by atoms with Crippen LogP contribution in [0.15, 0.2) is 52.6 Å². The first-order chi connectivity index (χ1) is 15.8. The molecule has 2 N–H and O–H groups in total. The summed E-state index contributed by atoms with van der Waals surface area (Å²) in [5.74, 6) is 4.98. The predicted octanol–water partition coefficient (Wildman–Crippen LogP) is 3.86. The molecule has 1 saturated heterocycles. The summed E-state index contributed by atoms with van der Waals surface area (Å²) >= 11 is 0. The van der Waals surface area contributed by atoms with Crippen molar-refractivity contribution in [1.82, 2.24) is 0 Å². The number of esters is 1. The van der Waals surface area contributed by atoms with Gasteiger partial charge in [0.15, 0.2) is 0 Å². The minimum Gasteiger partial charge on any atom is -0.465 e. The van der Waals surface area contributed by atoms with Crippen LogP contribution in [0.1, 0.15) is 49.2 Å². The maximum Gasteiger partial charge on any atom is 0.494 e.